The number of nitrogens with one attached hydrogen (secondary N) is 1. The Morgan fingerprint density at radius 2 is 1.70 bits per heavy atom. The molecule has 9 heteroatoms. The average molecular weight is 443 g/mol. The van der Waals surface area contributed by atoms with Crippen LogP contribution in [0.1, 0.15) is 15.9 Å². The van der Waals surface area contributed by atoms with Crippen molar-refractivity contribution in [3.05, 3.63) is 99.6 Å². The molecule has 1 amide bonds. The number of nitro benzene ring substituents is 1. The van der Waals surface area contributed by atoms with Crippen molar-refractivity contribution in [2.75, 3.05) is 12.4 Å². The van der Waals surface area contributed by atoms with Gasteiger partial charge in [-0.3, -0.25) is 14.9 Å². The molecule has 0 fully saturated rings. The smallest absolute Gasteiger partial charge is 0.343 e. The first kappa shape index (κ1) is 22.7. The fraction of sp³-hybridized carbons (Fsp3) is 0.0417. The van der Waals surface area contributed by atoms with Crippen molar-refractivity contribution in [3.8, 4) is 17.6 Å². The van der Waals surface area contributed by atoms with Crippen LogP contribution >= 0.6 is 0 Å². The Bertz CT molecular complexity index is 1260. The summed E-state index contributed by atoms with van der Waals surface area (Å²) in [5.74, 6) is -0.360. The number of amides is 1. The van der Waals surface area contributed by atoms with Crippen LogP contribution in [-0.2, 0) is 4.79 Å². The summed E-state index contributed by atoms with van der Waals surface area (Å²) in [6, 6.07) is 19.9. The van der Waals surface area contributed by atoms with Crippen molar-refractivity contribution in [1.82, 2.24) is 0 Å². The Balaban J connectivity index is 1.68. The lowest BCUT2D eigenvalue weighted by molar-refractivity contribution is -0.384. The fourth-order valence-corrected chi connectivity index (χ4v) is 2.74. The molecular weight excluding hydrogens is 426 g/mol. The molecule has 0 saturated carbocycles. The van der Waals surface area contributed by atoms with E-state index in [4.69, 9.17) is 9.47 Å². The second-order valence-corrected chi connectivity index (χ2v) is 6.62. The molecule has 0 atom stereocenters. The molecule has 0 aliphatic rings. The number of rotatable bonds is 7. The van der Waals surface area contributed by atoms with Crippen LogP contribution in [0, 0.1) is 21.4 Å². The van der Waals surface area contributed by atoms with E-state index in [1.54, 1.807) is 42.5 Å². The molecule has 33 heavy (non-hydrogen) atoms. The summed E-state index contributed by atoms with van der Waals surface area (Å²) < 4.78 is 10.4. The monoisotopic (exact) mass is 443 g/mol. The highest BCUT2D eigenvalue weighted by molar-refractivity contribution is 6.09. The van der Waals surface area contributed by atoms with E-state index in [0.717, 1.165) is 0 Å². The molecule has 0 bridgehead atoms. The molecule has 9 nitrogen and oxygen atoms in total. The van der Waals surface area contributed by atoms with Gasteiger partial charge in [0.2, 0.25) is 0 Å². The predicted molar refractivity (Wildman–Crippen MR) is 120 cm³/mol. The molecule has 164 valence electrons. The highest BCUT2D eigenvalue weighted by Crippen LogP contribution is 2.20. The van der Waals surface area contributed by atoms with Crippen molar-refractivity contribution in [3.63, 3.8) is 0 Å². The molecule has 0 aliphatic carbocycles. The van der Waals surface area contributed by atoms with E-state index < -0.39 is 16.8 Å². The molecule has 3 aromatic rings. The van der Waals surface area contributed by atoms with Gasteiger partial charge >= 0.3 is 5.97 Å². The molecule has 0 aliphatic heterocycles. The van der Waals surface area contributed by atoms with Gasteiger partial charge < -0.3 is 14.8 Å². The molecule has 3 aromatic carbocycles. The standard InChI is InChI=1S/C24H17N3O6/c1-32-21-11-7-17(8-12-21)24(29)33-22-9-5-16(6-10-22)13-18(15-25)23(28)26-19-3-2-4-20(14-19)27(30)31/h2-14H,1H3,(H,26,28)/b18-13+. The molecule has 1 N–H and O–H groups in total. The second kappa shape index (κ2) is 10.4. The van der Waals surface area contributed by atoms with Gasteiger partial charge in [-0.25, -0.2) is 4.79 Å². The van der Waals surface area contributed by atoms with Crippen molar-refractivity contribution in [1.29, 1.82) is 5.26 Å². The molecule has 3 rings (SSSR count). The van der Waals surface area contributed by atoms with Crippen molar-refractivity contribution in [2.45, 2.75) is 0 Å². The lowest BCUT2D eigenvalue weighted by atomic mass is 10.1. The van der Waals surface area contributed by atoms with E-state index >= 15 is 0 Å². The molecule has 0 heterocycles. The topological polar surface area (TPSA) is 132 Å². The van der Waals surface area contributed by atoms with Gasteiger partial charge in [-0.1, -0.05) is 18.2 Å². The number of non-ortho nitro benzene ring substituents is 1. The van der Waals surface area contributed by atoms with Crippen LogP contribution in [0.25, 0.3) is 6.08 Å². The summed E-state index contributed by atoms with van der Waals surface area (Å²) in [6.45, 7) is 0. The van der Waals surface area contributed by atoms with Gasteiger partial charge in [0, 0.05) is 17.8 Å². The number of methoxy groups -OCH3 is 1. The maximum absolute atomic E-state index is 12.4. The van der Waals surface area contributed by atoms with Gasteiger partial charge in [-0.05, 0) is 54.1 Å². The third-order valence-corrected chi connectivity index (χ3v) is 4.41. The normalized spacial score (nSPS) is 10.6. The predicted octanol–water partition coefficient (Wildman–Crippen LogP) is 4.37. The number of hydrogen-bond donors (Lipinski definition) is 1. The maximum atomic E-state index is 12.4. The minimum Gasteiger partial charge on any atom is -0.497 e. The highest BCUT2D eigenvalue weighted by atomic mass is 16.6. The number of carbonyl (C=O) groups excluding carboxylic acids is 2. The van der Waals surface area contributed by atoms with Gasteiger partial charge in [0.05, 0.1) is 17.6 Å². The summed E-state index contributed by atoms with van der Waals surface area (Å²) in [6.07, 6.45) is 1.35. The van der Waals surface area contributed by atoms with Gasteiger partial charge in [0.15, 0.2) is 0 Å². The lowest BCUT2D eigenvalue weighted by Crippen LogP contribution is -2.13. The summed E-state index contributed by atoms with van der Waals surface area (Å²) >= 11 is 0. The van der Waals surface area contributed by atoms with Crippen LogP contribution in [0.3, 0.4) is 0 Å². The van der Waals surface area contributed by atoms with Crippen molar-refractivity contribution >= 4 is 29.3 Å². The fourth-order valence-electron chi connectivity index (χ4n) is 2.74. The molecule has 0 unspecified atom stereocenters. The maximum Gasteiger partial charge on any atom is 0.343 e. The Morgan fingerprint density at radius 3 is 2.30 bits per heavy atom. The number of nitrogens with zero attached hydrogens (tertiary/aromatic N) is 2. The number of nitriles is 1. The second-order valence-electron chi connectivity index (χ2n) is 6.62. The van der Waals surface area contributed by atoms with Crippen LogP contribution in [0.15, 0.2) is 78.4 Å². The molecule has 0 radical (unpaired) electrons. The van der Waals surface area contributed by atoms with Crippen molar-refractivity contribution < 1.29 is 24.0 Å². The van der Waals surface area contributed by atoms with Crippen LogP contribution in [0.5, 0.6) is 11.5 Å². The molecule has 0 aromatic heterocycles. The Kier molecular flexibility index (Phi) is 7.13. The SMILES string of the molecule is COc1ccc(C(=O)Oc2ccc(/C=C(\C#N)C(=O)Nc3cccc([N+](=O)[O-])c3)cc2)cc1. The Hall–Kier alpha value is -4.97. The highest BCUT2D eigenvalue weighted by Gasteiger charge is 2.13. The number of nitro groups is 1. The van der Waals surface area contributed by atoms with E-state index in [0.29, 0.717) is 16.9 Å². The van der Waals surface area contributed by atoms with Gasteiger partial charge in [0.25, 0.3) is 11.6 Å². The molecular formula is C24H17N3O6. The molecule has 0 saturated heterocycles. The van der Waals surface area contributed by atoms with E-state index in [-0.39, 0.29) is 22.7 Å². The number of benzene rings is 3. The van der Waals surface area contributed by atoms with Crippen LogP contribution in [0.4, 0.5) is 11.4 Å². The zero-order chi connectivity index (χ0) is 23.8. The lowest BCUT2D eigenvalue weighted by Gasteiger charge is -2.06. The van der Waals surface area contributed by atoms with Gasteiger partial charge in [0.1, 0.15) is 23.1 Å². The van der Waals surface area contributed by atoms with E-state index in [1.807, 2.05) is 0 Å². The minimum atomic E-state index is -0.715. The largest absolute Gasteiger partial charge is 0.497 e. The van der Waals surface area contributed by atoms with Crippen molar-refractivity contribution in [2.24, 2.45) is 0 Å². The van der Waals surface area contributed by atoms with Gasteiger partial charge in [-0.2, -0.15) is 5.26 Å². The van der Waals surface area contributed by atoms with E-state index in [1.165, 1.54) is 49.6 Å². The summed E-state index contributed by atoms with van der Waals surface area (Å²) in [7, 11) is 1.53. The number of anilines is 1. The van der Waals surface area contributed by atoms with E-state index in [9.17, 15) is 25.0 Å². The third-order valence-electron chi connectivity index (χ3n) is 4.41. The first-order chi connectivity index (χ1) is 15.9. The number of hydrogen-bond acceptors (Lipinski definition) is 7. The number of esters is 1. The molecule has 0 spiro atoms. The summed E-state index contributed by atoms with van der Waals surface area (Å²) in [5, 5.41) is 22.7. The first-order valence-corrected chi connectivity index (χ1v) is 9.53. The van der Waals surface area contributed by atoms with Crippen LogP contribution in [0.2, 0.25) is 0 Å². The number of carbonyl (C=O) groups is 2. The van der Waals surface area contributed by atoms with Gasteiger partial charge in [-0.15, -0.1) is 0 Å². The zero-order valence-corrected chi connectivity index (χ0v) is 17.3. The van der Waals surface area contributed by atoms with Crippen LogP contribution in [-0.4, -0.2) is 23.9 Å². The number of ether oxygens (including phenoxy) is 2. The third kappa shape index (κ3) is 6.02. The Morgan fingerprint density at radius 1 is 1.03 bits per heavy atom. The average Bonchev–Trinajstić information content (AvgIpc) is 2.83. The summed E-state index contributed by atoms with van der Waals surface area (Å²) in [5.41, 5.74) is 0.671. The quantitative estimate of drug-likeness (QED) is 0.143. The first-order valence-electron chi connectivity index (χ1n) is 9.53. The minimum absolute atomic E-state index is 0.185. The Labute approximate surface area is 188 Å². The van der Waals surface area contributed by atoms with E-state index in [2.05, 4.69) is 5.32 Å². The summed E-state index contributed by atoms with van der Waals surface area (Å²) in [4.78, 5) is 34.9. The van der Waals surface area contributed by atoms with Crippen LogP contribution < -0.4 is 14.8 Å². The zero-order valence-electron chi connectivity index (χ0n) is 17.3.